The number of phenolic OH excluding ortho intramolecular Hbond substituents is 1. The lowest BCUT2D eigenvalue weighted by atomic mass is 9.93. The Bertz CT molecular complexity index is 1370. The van der Waals surface area contributed by atoms with Crippen molar-refractivity contribution in [2.75, 3.05) is 31.2 Å². The predicted molar refractivity (Wildman–Crippen MR) is 132 cm³/mol. The van der Waals surface area contributed by atoms with Gasteiger partial charge in [0.05, 0.1) is 13.2 Å². The number of aromatic hydroxyl groups is 1. The molecule has 0 fully saturated rings. The summed E-state index contributed by atoms with van der Waals surface area (Å²) >= 11 is 0. The van der Waals surface area contributed by atoms with Crippen molar-refractivity contribution in [1.29, 1.82) is 0 Å². The minimum Gasteiger partial charge on any atom is -0.508 e. The van der Waals surface area contributed by atoms with Gasteiger partial charge in [-0.1, -0.05) is 12.1 Å². The predicted octanol–water partition coefficient (Wildman–Crippen LogP) is 4.20. The molecule has 8 heteroatoms. The van der Waals surface area contributed by atoms with Crippen molar-refractivity contribution in [1.82, 2.24) is 0 Å². The lowest BCUT2D eigenvalue weighted by Crippen LogP contribution is -2.36. The molecule has 0 saturated heterocycles. The van der Waals surface area contributed by atoms with E-state index in [9.17, 15) is 19.5 Å². The molecule has 8 nitrogen and oxygen atoms in total. The molecule has 2 aliphatic rings. The van der Waals surface area contributed by atoms with E-state index in [-0.39, 0.29) is 37.5 Å². The number of nitrogens with zero attached hydrogens (tertiary/aromatic N) is 1. The lowest BCUT2D eigenvalue weighted by molar-refractivity contribution is -0.142. The van der Waals surface area contributed by atoms with Gasteiger partial charge in [-0.05, 0) is 55.8 Å². The van der Waals surface area contributed by atoms with Crippen LogP contribution in [0.15, 0.2) is 69.9 Å². The van der Waals surface area contributed by atoms with Gasteiger partial charge in [-0.2, -0.15) is 0 Å². The molecule has 0 unspecified atom stereocenters. The summed E-state index contributed by atoms with van der Waals surface area (Å²) in [5.41, 5.74) is 3.30. The number of carbonyl (C=O) groups excluding carboxylic acids is 2. The van der Waals surface area contributed by atoms with E-state index in [0.29, 0.717) is 17.0 Å². The van der Waals surface area contributed by atoms with Crippen LogP contribution >= 0.6 is 0 Å². The second-order valence-electron chi connectivity index (χ2n) is 7.83. The van der Waals surface area contributed by atoms with Crippen LogP contribution in [0.3, 0.4) is 0 Å². The first kappa shape index (κ1) is 23.8. The third-order valence-corrected chi connectivity index (χ3v) is 5.45. The lowest BCUT2D eigenvalue weighted by Gasteiger charge is -2.23. The van der Waals surface area contributed by atoms with Gasteiger partial charge in [0.15, 0.2) is 5.43 Å². The average Bonchev–Trinajstić information content (AvgIpc) is 2.82. The van der Waals surface area contributed by atoms with Gasteiger partial charge in [0, 0.05) is 34.3 Å². The summed E-state index contributed by atoms with van der Waals surface area (Å²) in [5.74, 6) is -0.443. The number of hydrogen-bond acceptors (Lipinski definition) is 8. The van der Waals surface area contributed by atoms with Crippen LogP contribution in [-0.4, -0.2) is 43.3 Å². The molecule has 0 amide bonds. The molecule has 4 rings (SSSR count). The molecule has 1 aliphatic heterocycles. The fourth-order valence-corrected chi connectivity index (χ4v) is 3.97. The first-order valence-corrected chi connectivity index (χ1v) is 11.3. The van der Waals surface area contributed by atoms with Crippen molar-refractivity contribution in [2.24, 2.45) is 0 Å². The summed E-state index contributed by atoms with van der Waals surface area (Å²) in [6.45, 7) is 3.72. The second-order valence-corrected chi connectivity index (χ2v) is 7.83. The molecule has 2 aromatic carbocycles. The van der Waals surface area contributed by atoms with Crippen LogP contribution in [-0.2, 0) is 19.1 Å². The van der Waals surface area contributed by atoms with Crippen molar-refractivity contribution in [3.05, 3.63) is 70.9 Å². The molecular weight excluding hydrogens is 450 g/mol. The van der Waals surface area contributed by atoms with E-state index in [1.165, 1.54) is 18.2 Å². The third kappa shape index (κ3) is 5.27. The number of anilines is 1. The van der Waals surface area contributed by atoms with E-state index < -0.39 is 11.9 Å². The molecule has 1 N–H and O–H groups in total. The van der Waals surface area contributed by atoms with Crippen molar-refractivity contribution >= 4 is 28.6 Å². The zero-order valence-corrected chi connectivity index (χ0v) is 19.4. The Labute approximate surface area is 201 Å². The van der Waals surface area contributed by atoms with Gasteiger partial charge >= 0.3 is 11.9 Å². The number of benzene rings is 3. The highest BCUT2D eigenvalue weighted by atomic mass is 16.5. The Morgan fingerprint density at radius 3 is 2.17 bits per heavy atom. The molecule has 35 heavy (non-hydrogen) atoms. The van der Waals surface area contributed by atoms with Gasteiger partial charge in [0.2, 0.25) is 0 Å². The van der Waals surface area contributed by atoms with Crippen molar-refractivity contribution in [3.63, 3.8) is 0 Å². The summed E-state index contributed by atoms with van der Waals surface area (Å²) in [6.07, 6.45) is 0. The Morgan fingerprint density at radius 2 is 1.54 bits per heavy atom. The van der Waals surface area contributed by atoms with Crippen molar-refractivity contribution < 1.29 is 28.6 Å². The SMILES string of the molecule is CCOC(=O)CN(CC(=O)OCC)c1ccc(-c2c3ccc(=O)cc-3oc3cc(O)ccc23)cc1. The third-order valence-electron chi connectivity index (χ3n) is 5.45. The van der Waals surface area contributed by atoms with Gasteiger partial charge in [0.1, 0.15) is 30.2 Å². The molecule has 1 aliphatic carbocycles. The minimum atomic E-state index is -0.448. The molecule has 0 aromatic heterocycles. The summed E-state index contributed by atoms with van der Waals surface area (Å²) in [7, 11) is 0. The highest BCUT2D eigenvalue weighted by Crippen LogP contribution is 2.41. The fraction of sp³-hybridized carbons (Fsp3) is 0.222. The zero-order valence-electron chi connectivity index (χ0n) is 19.4. The minimum absolute atomic E-state index is 0.0498. The summed E-state index contributed by atoms with van der Waals surface area (Å²) in [5, 5.41) is 10.7. The normalized spacial score (nSPS) is 10.9. The van der Waals surface area contributed by atoms with Crippen LogP contribution in [0.2, 0.25) is 0 Å². The molecule has 2 aromatic rings. The number of ether oxygens (including phenoxy) is 2. The van der Waals surface area contributed by atoms with Gasteiger partial charge in [-0.3, -0.25) is 14.4 Å². The molecule has 1 heterocycles. The number of rotatable bonds is 8. The highest BCUT2D eigenvalue weighted by molar-refractivity contribution is 6.02. The Balaban J connectivity index is 1.77. The Morgan fingerprint density at radius 1 is 0.886 bits per heavy atom. The van der Waals surface area contributed by atoms with Crippen molar-refractivity contribution in [3.8, 4) is 28.2 Å². The van der Waals surface area contributed by atoms with Crippen LogP contribution in [0.25, 0.3) is 33.4 Å². The van der Waals surface area contributed by atoms with Crippen LogP contribution in [0.5, 0.6) is 5.75 Å². The maximum absolute atomic E-state index is 12.1. The largest absolute Gasteiger partial charge is 0.508 e. The Hall–Kier alpha value is -4.33. The van der Waals surface area contributed by atoms with Crippen molar-refractivity contribution in [2.45, 2.75) is 13.8 Å². The van der Waals surface area contributed by atoms with E-state index in [1.54, 1.807) is 49.1 Å². The molecule has 0 bridgehead atoms. The highest BCUT2D eigenvalue weighted by Gasteiger charge is 2.20. The molecule has 0 spiro atoms. The van der Waals surface area contributed by atoms with Gasteiger partial charge in [0.25, 0.3) is 0 Å². The first-order valence-electron chi connectivity index (χ1n) is 11.3. The smallest absolute Gasteiger partial charge is 0.325 e. The zero-order chi connectivity index (χ0) is 24.9. The van der Waals surface area contributed by atoms with Crippen LogP contribution < -0.4 is 10.3 Å². The van der Waals surface area contributed by atoms with E-state index in [2.05, 4.69) is 0 Å². The summed E-state index contributed by atoms with van der Waals surface area (Å²) < 4.78 is 16.0. The van der Waals surface area contributed by atoms with Gasteiger partial charge in [-0.15, -0.1) is 0 Å². The standard InChI is InChI=1S/C27H25NO7/c1-3-33-25(31)15-28(16-26(32)34-4-2)18-7-5-17(6-8-18)27-21-11-9-19(29)13-23(21)35-24-14-20(30)10-12-22(24)27/h5-14,29H,3-4,15-16H2,1-2H3. The fourth-order valence-electron chi connectivity index (χ4n) is 3.97. The molecule has 0 radical (unpaired) electrons. The number of esters is 2. The van der Waals surface area contributed by atoms with Crippen LogP contribution in [0.1, 0.15) is 13.8 Å². The summed E-state index contributed by atoms with van der Waals surface area (Å²) in [4.78, 5) is 37.8. The second kappa shape index (κ2) is 10.3. The first-order chi connectivity index (χ1) is 16.9. The molecule has 0 atom stereocenters. The Kier molecular flexibility index (Phi) is 7.01. The van der Waals surface area contributed by atoms with Crippen LogP contribution in [0, 0.1) is 0 Å². The van der Waals surface area contributed by atoms with E-state index in [0.717, 1.165) is 22.1 Å². The van der Waals surface area contributed by atoms with E-state index in [4.69, 9.17) is 13.9 Å². The number of hydrogen-bond donors (Lipinski definition) is 1. The number of fused-ring (bicyclic) bond motifs is 2. The van der Waals surface area contributed by atoms with Crippen LogP contribution in [0.4, 0.5) is 5.69 Å². The summed E-state index contributed by atoms with van der Waals surface area (Å²) in [6, 6.07) is 16.8. The molecule has 0 saturated carbocycles. The van der Waals surface area contributed by atoms with Gasteiger partial charge < -0.3 is 23.9 Å². The molecular formula is C27H25NO7. The number of phenols is 1. The maximum Gasteiger partial charge on any atom is 0.325 e. The average molecular weight is 475 g/mol. The molecule has 180 valence electrons. The van der Waals surface area contributed by atoms with E-state index >= 15 is 0 Å². The monoisotopic (exact) mass is 475 g/mol. The topological polar surface area (TPSA) is 106 Å². The van der Waals surface area contributed by atoms with E-state index in [1.807, 2.05) is 12.1 Å². The van der Waals surface area contributed by atoms with Gasteiger partial charge in [-0.25, -0.2) is 0 Å². The number of carbonyl (C=O) groups is 2. The maximum atomic E-state index is 12.1. The quantitative estimate of drug-likeness (QED) is 0.299.